The number of halogens is 3. The fourth-order valence-corrected chi connectivity index (χ4v) is 20.1. The second-order valence-electron chi connectivity index (χ2n) is 21.6. The molecule has 5 unspecified atom stereocenters. The maximum Gasteiger partial charge on any atom is -1.00 e. The van der Waals surface area contributed by atoms with E-state index in [-0.39, 0.29) is 37.2 Å². The third-order valence-corrected chi connectivity index (χ3v) is 23.1. The zero-order valence-electron chi connectivity index (χ0n) is 45.2. The average Bonchev–Trinajstić information content (AvgIpc) is 3.58. The summed E-state index contributed by atoms with van der Waals surface area (Å²) in [5, 5.41) is 5.27. The summed E-state index contributed by atoms with van der Waals surface area (Å²) < 4.78 is 0.648. The van der Waals surface area contributed by atoms with Crippen molar-refractivity contribution >= 4 is 23.6 Å². The molecule has 5 rings (SSSR count). The minimum absolute atomic E-state index is 0. The Morgan fingerprint density at radius 3 is 0.841 bits per heavy atom. The molecule has 3 aromatic rings. The molecule has 0 N–H and O–H groups in total. The topological polar surface area (TPSA) is 0 Å². The third-order valence-electron chi connectivity index (χ3n) is 16.1. The van der Waals surface area contributed by atoms with E-state index in [0.717, 1.165) is 0 Å². The van der Waals surface area contributed by atoms with E-state index in [4.69, 9.17) is 0 Å². The van der Waals surface area contributed by atoms with E-state index >= 15 is 0 Å². The van der Waals surface area contributed by atoms with Gasteiger partial charge in [0.15, 0.2) is 0 Å². The molecule has 69 heavy (non-hydrogen) atoms. The molecule has 2 aliphatic carbocycles. The Morgan fingerprint density at radius 1 is 0.348 bits per heavy atom. The van der Waals surface area contributed by atoms with Gasteiger partial charge in [-0.25, -0.2) is 0 Å². The van der Waals surface area contributed by atoms with Crippen molar-refractivity contribution in [3.63, 3.8) is 0 Å². The fourth-order valence-electron chi connectivity index (χ4n) is 12.4. The van der Waals surface area contributed by atoms with Gasteiger partial charge in [0.1, 0.15) is 0 Å². The molecular weight excluding hydrogens is 951 g/mol. The SMILES string of the molecule is CCCCCCc1cc(CCCCCC)cc([Si](c2cc(CCCCCC)cc(CCCCCC)c2)(c2cc(CCCCCC)cc(CCCCCC)c2)C2C(C)[CH]([Ti+3])C3C=CC=CC32)c1.[Cl-].[Cl-].[Cl-]. The molecule has 2 aliphatic rings. The maximum absolute atomic E-state index is 2.87. The Kier molecular flexibility index (Phi) is 33.4. The van der Waals surface area contributed by atoms with Gasteiger partial charge < -0.3 is 37.2 Å². The van der Waals surface area contributed by atoms with Crippen LogP contribution in [0.25, 0.3) is 0 Å². The van der Waals surface area contributed by atoms with Gasteiger partial charge in [0.25, 0.3) is 0 Å². The standard InChI is InChI=1S/C64H99Si.3ClH.Ti/c1-8-14-20-26-34-53-43-54(35-27-21-15-9-2)47-60(46-53)65(64-52(7)42-59-40-32-33-41-63(59)64,61-48-55(36-28-22-16-10-3)44-56(49-61)37-29-23-17-11-4)62-50-57(38-30-24-18-12-5)45-58(51-62)39-31-25-19-13-6;;;;/h32-33,40-52,59,63-64H,8-31,34-39H2,1-7H3;3*1H;/q;;;;+3/p-3. The van der Waals surface area contributed by atoms with Crippen molar-refractivity contribution in [2.75, 3.05) is 0 Å². The van der Waals surface area contributed by atoms with E-state index in [0.29, 0.717) is 27.5 Å². The Labute approximate surface area is 458 Å². The van der Waals surface area contributed by atoms with Crippen LogP contribution >= 0.6 is 0 Å². The van der Waals surface area contributed by atoms with E-state index < -0.39 is 8.07 Å². The first kappa shape index (κ1) is 64.1. The van der Waals surface area contributed by atoms with E-state index in [1.54, 1.807) is 48.9 Å². The molecule has 384 valence electrons. The molecule has 5 heteroatoms. The zero-order valence-corrected chi connectivity index (χ0v) is 50.1. The molecule has 0 saturated heterocycles. The van der Waals surface area contributed by atoms with Crippen molar-refractivity contribution in [3.8, 4) is 0 Å². The maximum atomic E-state index is 2.87. The molecule has 0 radical (unpaired) electrons. The van der Waals surface area contributed by atoms with Gasteiger partial charge in [0, 0.05) is 0 Å². The van der Waals surface area contributed by atoms with Crippen molar-refractivity contribution in [1.82, 2.24) is 0 Å². The summed E-state index contributed by atoms with van der Waals surface area (Å²) in [6.45, 7) is 16.9. The van der Waals surface area contributed by atoms with Crippen LogP contribution in [0.4, 0.5) is 0 Å². The number of fused-ring (bicyclic) bond motifs is 1. The molecule has 0 bridgehead atoms. The quantitative estimate of drug-likeness (QED) is 0.0320. The normalized spacial score (nSPS) is 18.4. The number of hydrogen-bond acceptors (Lipinski definition) is 0. The molecule has 5 atom stereocenters. The second-order valence-corrected chi connectivity index (χ2v) is 26.7. The van der Waals surface area contributed by atoms with Crippen LogP contribution in [0.2, 0.25) is 9.76 Å². The van der Waals surface area contributed by atoms with Gasteiger partial charge in [-0.1, -0.05) is 41.5 Å². The second kappa shape index (κ2) is 36.0. The van der Waals surface area contributed by atoms with E-state index in [1.807, 2.05) is 0 Å². The van der Waals surface area contributed by atoms with Crippen LogP contribution in [0.5, 0.6) is 0 Å². The van der Waals surface area contributed by atoms with Gasteiger partial charge in [-0.3, -0.25) is 0 Å². The van der Waals surface area contributed by atoms with Crippen molar-refractivity contribution in [1.29, 1.82) is 0 Å². The number of allylic oxidation sites excluding steroid dienone is 4. The van der Waals surface area contributed by atoms with Crippen LogP contribution in [-0.2, 0) is 59.0 Å². The zero-order chi connectivity index (χ0) is 47.0. The Bertz CT molecular complexity index is 1620. The molecule has 1 fully saturated rings. The van der Waals surface area contributed by atoms with Crippen molar-refractivity contribution in [2.24, 2.45) is 17.8 Å². The summed E-state index contributed by atoms with van der Waals surface area (Å²) in [5.41, 5.74) is 10.4. The number of benzene rings is 3. The van der Waals surface area contributed by atoms with Gasteiger partial charge >= 0.3 is 383 Å². The minimum Gasteiger partial charge on any atom is -1.00 e. The monoisotopic (exact) mass is 1050 g/mol. The van der Waals surface area contributed by atoms with E-state index in [1.165, 1.54) is 193 Å². The van der Waals surface area contributed by atoms with Crippen LogP contribution in [-0.4, -0.2) is 8.07 Å². The Hall–Kier alpha value is -1.06. The van der Waals surface area contributed by atoms with Crippen LogP contribution < -0.4 is 52.8 Å². The first-order valence-corrected chi connectivity index (χ1v) is 31.8. The molecule has 1 saturated carbocycles. The number of hydrogen-bond donors (Lipinski definition) is 0. The van der Waals surface area contributed by atoms with Gasteiger partial charge in [-0.05, 0) is 0 Å². The fraction of sp³-hybridized carbons (Fsp3) is 0.656. The predicted octanol–water partition coefficient (Wildman–Crippen LogP) is 8.62. The summed E-state index contributed by atoms with van der Waals surface area (Å²) in [6, 6.07) is 25.3. The third kappa shape index (κ3) is 19.0. The molecule has 0 aromatic heterocycles. The Balaban J connectivity index is 0.00000544. The summed E-state index contributed by atoms with van der Waals surface area (Å²) >= 11 is 2.64. The average molecular weight is 1050 g/mol. The number of aryl methyl sites for hydroxylation is 6. The summed E-state index contributed by atoms with van der Waals surface area (Å²) in [7, 11) is -2.80. The minimum atomic E-state index is -2.80. The molecular formula is C64H99Cl3SiTi. The molecule has 0 nitrogen and oxygen atoms in total. The van der Waals surface area contributed by atoms with Crippen LogP contribution in [0.15, 0.2) is 78.9 Å². The Morgan fingerprint density at radius 2 is 0.594 bits per heavy atom. The van der Waals surface area contributed by atoms with Crippen LogP contribution in [0.1, 0.15) is 236 Å². The summed E-state index contributed by atoms with van der Waals surface area (Å²) in [4.78, 5) is 0. The predicted molar refractivity (Wildman–Crippen MR) is 293 cm³/mol. The smallest absolute Gasteiger partial charge is 1.00 e. The van der Waals surface area contributed by atoms with Crippen molar-refractivity contribution in [3.05, 3.63) is 112 Å². The van der Waals surface area contributed by atoms with E-state index in [2.05, 4.69) is 148 Å². The first-order valence-electron chi connectivity index (χ1n) is 28.8. The van der Waals surface area contributed by atoms with Gasteiger partial charge in [-0.15, -0.1) is 0 Å². The largest absolute Gasteiger partial charge is 1.00 e. The molecule has 3 aromatic carbocycles. The molecule has 0 aliphatic heterocycles. The van der Waals surface area contributed by atoms with Crippen molar-refractivity contribution in [2.45, 2.75) is 251 Å². The first-order chi connectivity index (χ1) is 32.3. The number of unbranched alkanes of at least 4 members (excludes halogenated alkanes) is 18. The van der Waals surface area contributed by atoms with Crippen LogP contribution in [0, 0.1) is 17.8 Å². The summed E-state index contributed by atoms with van der Waals surface area (Å²) in [6.07, 6.45) is 49.3. The summed E-state index contributed by atoms with van der Waals surface area (Å²) in [5.74, 6) is 1.77. The number of rotatable bonds is 34. The molecule has 0 spiro atoms. The van der Waals surface area contributed by atoms with Crippen LogP contribution in [0.3, 0.4) is 0 Å². The van der Waals surface area contributed by atoms with Crippen molar-refractivity contribution < 1.29 is 57.7 Å². The van der Waals surface area contributed by atoms with Gasteiger partial charge in [0.2, 0.25) is 0 Å². The molecule has 0 heterocycles. The van der Waals surface area contributed by atoms with E-state index in [9.17, 15) is 0 Å². The molecule has 0 amide bonds. The van der Waals surface area contributed by atoms with Gasteiger partial charge in [-0.2, -0.15) is 0 Å². The van der Waals surface area contributed by atoms with Gasteiger partial charge in [0.05, 0.1) is 0 Å².